The average molecular weight is 411 g/mol. The highest BCUT2D eigenvalue weighted by atomic mass is 16.2. The van der Waals surface area contributed by atoms with Crippen LogP contribution < -0.4 is 10.6 Å². The number of benzene rings is 3. The van der Waals surface area contributed by atoms with Gasteiger partial charge in [0.1, 0.15) is 0 Å². The predicted octanol–water partition coefficient (Wildman–Crippen LogP) is 6.28. The van der Waals surface area contributed by atoms with E-state index in [-0.39, 0.29) is 6.03 Å². The lowest BCUT2D eigenvalue weighted by atomic mass is 10.0. The number of hydrogen-bond donors (Lipinski definition) is 2. The van der Waals surface area contributed by atoms with Crippen LogP contribution in [0.1, 0.15) is 26.2 Å². The summed E-state index contributed by atoms with van der Waals surface area (Å²) in [4.78, 5) is 22.0. The molecule has 0 saturated heterocycles. The zero-order valence-electron chi connectivity index (χ0n) is 17.6. The van der Waals surface area contributed by atoms with Gasteiger partial charge in [-0.2, -0.15) is 0 Å². The summed E-state index contributed by atoms with van der Waals surface area (Å²) >= 11 is 0. The maximum Gasteiger partial charge on any atom is 0.319 e. The first kappa shape index (κ1) is 20.5. The number of nitrogens with one attached hydrogen (secondary N) is 2. The number of amides is 2. The molecule has 156 valence electrons. The number of anilines is 1. The lowest BCUT2D eigenvalue weighted by Gasteiger charge is -2.12. The average Bonchev–Trinajstić information content (AvgIpc) is 2.82. The van der Waals surface area contributed by atoms with Crippen molar-refractivity contribution in [2.24, 2.45) is 0 Å². The first-order chi connectivity index (χ1) is 15.2. The van der Waals surface area contributed by atoms with E-state index in [4.69, 9.17) is 9.97 Å². The molecule has 1 aromatic heterocycles. The van der Waals surface area contributed by atoms with Gasteiger partial charge in [0.25, 0.3) is 0 Å². The molecule has 0 aliphatic carbocycles. The number of carbonyl (C=O) groups excluding carboxylic acids is 1. The van der Waals surface area contributed by atoms with E-state index < -0.39 is 0 Å². The third-order valence-electron chi connectivity index (χ3n) is 5.08. The molecule has 3 aromatic carbocycles. The van der Waals surface area contributed by atoms with Gasteiger partial charge in [-0.3, -0.25) is 0 Å². The summed E-state index contributed by atoms with van der Waals surface area (Å²) in [6.45, 7) is 2.81. The molecular weight excluding hydrogens is 384 g/mol. The van der Waals surface area contributed by atoms with Crippen LogP contribution in [0.25, 0.3) is 33.5 Å². The Morgan fingerprint density at radius 2 is 1.39 bits per heavy atom. The highest BCUT2D eigenvalue weighted by Gasteiger charge is 2.13. The van der Waals surface area contributed by atoms with Crippen LogP contribution in [0.5, 0.6) is 0 Å². The van der Waals surface area contributed by atoms with Crippen molar-refractivity contribution < 1.29 is 4.79 Å². The van der Waals surface area contributed by atoms with Crippen molar-refractivity contribution in [1.82, 2.24) is 15.3 Å². The Labute approximate surface area is 182 Å². The number of rotatable bonds is 7. The maximum atomic E-state index is 12.2. The van der Waals surface area contributed by atoms with Gasteiger partial charge in [0.2, 0.25) is 0 Å². The largest absolute Gasteiger partial charge is 0.338 e. The van der Waals surface area contributed by atoms with Gasteiger partial charge >= 0.3 is 6.03 Å². The highest BCUT2D eigenvalue weighted by molar-refractivity contribution is 5.93. The van der Waals surface area contributed by atoms with E-state index in [2.05, 4.69) is 17.6 Å². The number of hydrogen-bond acceptors (Lipinski definition) is 3. The summed E-state index contributed by atoms with van der Waals surface area (Å²) in [5.74, 6) is 0. The van der Waals surface area contributed by atoms with E-state index in [0.29, 0.717) is 12.2 Å². The van der Waals surface area contributed by atoms with Gasteiger partial charge in [-0.25, -0.2) is 14.8 Å². The van der Waals surface area contributed by atoms with Crippen LogP contribution >= 0.6 is 0 Å². The van der Waals surface area contributed by atoms with Gasteiger partial charge in [-0.1, -0.05) is 80.4 Å². The molecule has 4 aromatic rings. The van der Waals surface area contributed by atoms with Crippen LogP contribution in [0.4, 0.5) is 10.5 Å². The van der Waals surface area contributed by atoms with Crippen molar-refractivity contribution in [2.75, 3.05) is 11.9 Å². The molecule has 0 aliphatic rings. The molecule has 0 fully saturated rings. The van der Waals surface area contributed by atoms with Gasteiger partial charge in [0.05, 0.1) is 22.4 Å². The summed E-state index contributed by atoms with van der Waals surface area (Å²) in [5, 5.41) is 5.79. The van der Waals surface area contributed by atoms with Crippen LogP contribution in [0.2, 0.25) is 0 Å². The fourth-order valence-electron chi connectivity index (χ4n) is 3.48. The Morgan fingerprint density at radius 3 is 2.00 bits per heavy atom. The van der Waals surface area contributed by atoms with Gasteiger partial charge in [-0.15, -0.1) is 0 Å². The Bertz CT molecular complexity index is 1160. The number of unbranched alkanes of at least 4 members (excludes halogenated alkanes) is 2. The molecule has 5 nitrogen and oxygen atoms in total. The predicted molar refractivity (Wildman–Crippen MR) is 127 cm³/mol. The lowest BCUT2D eigenvalue weighted by Crippen LogP contribution is -2.29. The Morgan fingerprint density at radius 1 is 0.774 bits per heavy atom. The molecule has 5 heteroatoms. The standard InChI is InChI=1S/C26H26N4O/c1-2-3-10-17-27-26(31)28-21-15-16-22-23(18-21)30-25(20-13-8-5-9-14-20)24(29-22)19-11-6-4-7-12-19/h4-9,11-16,18H,2-3,10,17H2,1H3,(H2,27,28,31). The van der Waals surface area contributed by atoms with Crippen molar-refractivity contribution in [2.45, 2.75) is 26.2 Å². The van der Waals surface area contributed by atoms with E-state index in [1.165, 1.54) is 0 Å². The summed E-state index contributed by atoms with van der Waals surface area (Å²) in [6.07, 6.45) is 3.22. The van der Waals surface area contributed by atoms with E-state index in [1.54, 1.807) is 0 Å². The Kier molecular flexibility index (Phi) is 6.53. The zero-order chi connectivity index (χ0) is 21.5. The first-order valence-corrected chi connectivity index (χ1v) is 10.7. The molecule has 0 aliphatic heterocycles. The molecule has 2 N–H and O–H groups in total. The minimum Gasteiger partial charge on any atom is -0.338 e. The Hall–Kier alpha value is -3.73. The molecule has 0 bridgehead atoms. The van der Waals surface area contributed by atoms with Crippen LogP contribution in [-0.4, -0.2) is 22.5 Å². The van der Waals surface area contributed by atoms with Gasteiger partial charge in [0, 0.05) is 23.4 Å². The molecular formula is C26H26N4O. The second kappa shape index (κ2) is 9.85. The van der Waals surface area contributed by atoms with Crippen molar-refractivity contribution in [3.63, 3.8) is 0 Å². The number of fused-ring (bicyclic) bond motifs is 1. The van der Waals surface area contributed by atoms with Gasteiger partial charge in [-0.05, 0) is 24.6 Å². The minimum absolute atomic E-state index is 0.201. The fraction of sp³-hybridized carbons (Fsp3) is 0.192. The number of carbonyl (C=O) groups is 1. The van der Waals surface area contributed by atoms with Crippen LogP contribution in [0.15, 0.2) is 78.9 Å². The molecule has 0 unspecified atom stereocenters. The third-order valence-corrected chi connectivity index (χ3v) is 5.08. The highest BCUT2D eigenvalue weighted by Crippen LogP contribution is 2.31. The molecule has 0 atom stereocenters. The smallest absolute Gasteiger partial charge is 0.319 e. The van der Waals surface area contributed by atoms with Crippen molar-refractivity contribution in [1.29, 1.82) is 0 Å². The number of nitrogens with zero attached hydrogens (tertiary/aromatic N) is 2. The molecule has 1 heterocycles. The van der Waals surface area contributed by atoms with Crippen LogP contribution in [0.3, 0.4) is 0 Å². The van der Waals surface area contributed by atoms with Gasteiger partial charge < -0.3 is 10.6 Å². The van der Waals surface area contributed by atoms with E-state index >= 15 is 0 Å². The fourth-order valence-corrected chi connectivity index (χ4v) is 3.48. The summed E-state index contributed by atoms with van der Waals surface area (Å²) in [5.41, 5.74) is 5.90. The normalized spacial score (nSPS) is 10.7. The summed E-state index contributed by atoms with van der Waals surface area (Å²) < 4.78 is 0. The molecule has 0 radical (unpaired) electrons. The molecule has 4 rings (SSSR count). The summed E-state index contributed by atoms with van der Waals surface area (Å²) in [7, 11) is 0. The SMILES string of the molecule is CCCCCNC(=O)Nc1ccc2nc(-c3ccccc3)c(-c3ccccc3)nc2c1. The van der Waals surface area contributed by atoms with E-state index in [1.807, 2.05) is 78.9 Å². The minimum atomic E-state index is -0.201. The lowest BCUT2D eigenvalue weighted by molar-refractivity contribution is 0.252. The van der Waals surface area contributed by atoms with Crippen molar-refractivity contribution in [3.8, 4) is 22.5 Å². The second-order valence-electron chi connectivity index (χ2n) is 7.44. The van der Waals surface area contributed by atoms with Crippen LogP contribution in [0, 0.1) is 0 Å². The third kappa shape index (κ3) is 5.07. The number of aromatic nitrogens is 2. The Balaban J connectivity index is 1.67. The molecule has 0 spiro atoms. The summed E-state index contributed by atoms with van der Waals surface area (Å²) in [6, 6.07) is 25.6. The number of urea groups is 1. The zero-order valence-corrected chi connectivity index (χ0v) is 17.6. The second-order valence-corrected chi connectivity index (χ2v) is 7.44. The van der Waals surface area contributed by atoms with E-state index in [0.717, 1.165) is 52.8 Å². The monoisotopic (exact) mass is 410 g/mol. The van der Waals surface area contributed by atoms with Gasteiger partial charge in [0.15, 0.2) is 0 Å². The van der Waals surface area contributed by atoms with E-state index in [9.17, 15) is 4.79 Å². The molecule has 2 amide bonds. The van der Waals surface area contributed by atoms with Crippen LogP contribution in [-0.2, 0) is 0 Å². The quantitative estimate of drug-likeness (QED) is 0.353. The maximum absolute atomic E-state index is 12.2. The van der Waals surface area contributed by atoms with Crippen molar-refractivity contribution >= 4 is 22.8 Å². The van der Waals surface area contributed by atoms with Crippen molar-refractivity contribution in [3.05, 3.63) is 78.9 Å². The molecule has 31 heavy (non-hydrogen) atoms. The first-order valence-electron chi connectivity index (χ1n) is 10.7. The molecule has 0 saturated carbocycles. The topological polar surface area (TPSA) is 66.9 Å².